The molecule has 0 bridgehead atoms. The van der Waals surface area contributed by atoms with E-state index in [4.69, 9.17) is 0 Å². The van der Waals surface area contributed by atoms with Crippen molar-refractivity contribution < 1.29 is 18.0 Å². The molecular formula is C21H25F3N4O. The number of amides is 1. The fraction of sp³-hybridized carbons (Fsp3) is 0.333. The molecule has 0 unspecified atom stereocenters. The number of guanidine groups is 1. The van der Waals surface area contributed by atoms with Gasteiger partial charge in [-0.15, -0.1) is 0 Å². The first kappa shape index (κ1) is 22.3. The van der Waals surface area contributed by atoms with Crippen LogP contribution in [0.1, 0.15) is 34.0 Å². The highest BCUT2D eigenvalue weighted by Gasteiger charge is 2.29. The van der Waals surface area contributed by atoms with Crippen molar-refractivity contribution in [1.82, 2.24) is 16.0 Å². The summed E-state index contributed by atoms with van der Waals surface area (Å²) < 4.78 is 37.9. The molecule has 5 nitrogen and oxygen atoms in total. The van der Waals surface area contributed by atoms with Crippen LogP contribution in [-0.4, -0.2) is 32.0 Å². The van der Waals surface area contributed by atoms with Gasteiger partial charge in [-0.1, -0.05) is 24.3 Å². The van der Waals surface area contributed by atoms with Gasteiger partial charge in [-0.3, -0.25) is 4.79 Å². The SMILES string of the molecule is CCNC(=NCc1ccc(C(F)(F)F)cc1)NCCc1cccc(C(=O)NC)c1. The summed E-state index contributed by atoms with van der Waals surface area (Å²) in [6.45, 7) is 3.45. The first-order chi connectivity index (χ1) is 13.8. The molecule has 2 aromatic rings. The van der Waals surface area contributed by atoms with E-state index < -0.39 is 11.7 Å². The molecule has 0 heterocycles. The van der Waals surface area contributed by atoms with Crippen molar-refractivity contribution in [3.8, 4) is 0 Å². The molecule has 8 heteroatoms. The summed E-state index contributed by atoms with van der Waals surface area (Å²) in [5.74, 6) is 0.445. The third-order valence-corrected chi connectivity index (χ3v) is 4.17. The molecule has 0 aliphatic heterocycles. The quantitative estimate of drug-likeness (QED) is 0.488. The fourth-order valence-corrected chi connectivity index (χ4v) is 2.65. The molecule has 3 N–H and O–H groups in total. The van der Waals surface area contributed by atoms with Crippen molar-refractivity contribution in [1.29, 1.82) is 0 Å². The first-order valence-electron chi connectivity index (χ1n) is 9.32. The third-order valence-electron chi connectivity index (χ3n) is 4.17. The lowest BCUT2D eigenvalue weighted by atomic mass is 10.1. The second-order valence-corrected chi connectivity index (χ2v) is 6.35. The van der Waals surface area contributed by atoms with Gasteiger partial charge in [0, 0.05) is 25.7 Å². The van der Waals surface area contributed by atoms with Gasteiger partial charge in [0.15, 0.2) is 5.96 Å². The molecule has 0 aromatic heterocycles. The van der Waals surface area contributed by atoms with Gasteiger partial charge in [0.1, 0.15) is 0 Å². The maximum Gasteiger partial charge on any atom is 0.416 e. The number of hydrogen-bond acceptors (Lipinski definition) is 2. The predicted molar refractivity (Wildman–Crippen MR) is 108 cm³/mol. The number of nitrogens with zero attached hydrogens (tertiary/aromatic N) is 1. The molecule has 156 valence electrons. The van der Waals surface area contributed by atoms with E-state index in [2.05, 4.69) is 20.9 Å². The zero-order valence-electron chi connectivity index (χ0n) is 16.4. The van der Waals surface area contributed by atoms with Crippen LogP contribution in [0.15, 0.2) is 53.5 Å². The molecule has 2 rings (SSSR count). The van der Waals surface area contributed by atoms with Gasteiger partial charge in [-0.2, -0.15) is 13.2 Å². The molecule has 1 amide bonds. The van der Waals surface area contributed by atoms with E-state index in [9.17, 15) is 18.0 Å². The van der Waals surface area contributed by atoms with E-state index in [0.29, 0.717) is 36.6 Å². The Morgan fingerprint density at radius 1 is 1.03 bits per heavy atom. The largest absolute Gasteiger partial charge is 0.416 e. The Kier molecular flexibility index (Phi) is 8.06. The van der Waals surface area contributed by atoms with Crippen molar-refractivity contribution in [3.63, 3.8) is 0 Å². The van der Waals surface area contributed by atoms with Gasteiger partial charge < -0.3 is 16.0 Å². The maximum atomic E-state index is 12.6. The summed E-state index contributed by atoms with van der Waals surface area (Å²) in [4.78, 5) is 16.1. The van der Waals surface area contributed by atoms with Crippen LogP contribution in [0.3, 0.4) is 0 Å². The summed E-state index contributed by atoms with van der Waals surface area (Å²) in [6, 6.07) is 12.4. The van der Waals surface area contributed by atoms with Gasteiger partial charge in [-0.25, -0.2) is 4.99 Å². The van der Waals surface area contributed by atoms with E-state index in [-0.39, 0.29) is 12.5 Å². The third kappa shape index (κ3) is 7.14. The lowest BCUT2D eigenvalue weighted by Crippen LogP contribution is -2.38. The van der Waals surface area contributed by atoms with Crippen LogP contribution in [0, 0.1) is 0 Å². The maximum absolute atomic E-state index is 12.6. The van der Waals surface area contributed by atoms with E-state index in [1.807, 2.05) is 25.1 Å². The van der Waals surface area contributed by atoms with Gasteiger partial charge in [-0.05, 0) is 48.7 Å². The molecule has 0 aliphatic carbocycles. The predicted octanol–water partition coefficient (Wildman–Crippen LogP) is 3.36. The Bertz CT molecular complexity index is 833. The molecule has 0 aliphatic rings. The average molecular weight is 406 g/mol. The van der Waals surface area contributed by atoms with Crippen molar-refractivity contribution in [2.75, 3.05) is 20.1 Å². The molecule has 0 saturated heterocycles. The lowest BCUT2D eigenvalue weighted by Gasteiger charge is -2.12. The minimum atomic E-state index is -4.34. The summed E-state index contributed by atoms with van der Waals surface area (Å²) in [7, 11) is 1.59. The Labute approximate surface area is 168 Å². The number of carbonyl (C=O) groups is 1. The van der Waals surface area contributed by atoms with Crippen molar-refractivity contribution in [2.45, 2.75) is 26.1 Å². The highest BCUT2D eigenvalue weighted by atomic mass is 19.4. The van der Waals surface area contributed by atoms with Crippen molar-refractivity contribution in [3.05, 3.63) is 70.8 Å². The van der Waals surface area contributed by atoms with Crippen LogP contribution >= 0.6 is 0 Å². The topological polar surface area (TPSA) is 65.5 Å². The number of carbonyl (C=O) groups excluding carboxylic acids is 1. The van der Waals surface area contributed by atoms with E-state index in [1.54, 1.807) is 13.1 Å². The number of benzene rings is 2. The monoisotopic (exact) mass is 406 g/mol. The number of alkyl halides is 3. The Morgan fingerprint density at radius 3 is 2.38 bits per heavy atom. The summed E-state index contributed by atoms with van der Waals surface area (Å²) in [5.41, 5.74) is 1.63. The van der Waals surface area contributed by atoms with Crippen molar-refractivity contribution >= 4 is 11.9 Å². The number of hydrogen-bond donors (Lipinski definition) is 3. The first-order valence-corrected chi connectivity index (χ1v) is 9.32. The van der Waals surface area contributed by atoms with Crippen LogP contribution in [0.25, 0.3) is 0 Å². The number of halogens is 3. The minimum absolute atomic E-state index is 0.133. The Balaban J connectivity index is 1.93. The van der Waals surface area contributed by atoms with Crippen LogP contribution in [0.5, 0.6) is 0 Å². The molecule has 0 fully saturated rings. The zero-order valence-corrected chi connectivity index (χ0v) is 16.4. The smallest absolute Gasteiger partial charge is 0.357 e. The number of nitrogens with one attached hydrogen (secondary N) is 3. The number of rotatable bonds is 7. The highest BCUT2D eigenvalue weighted by Crippen LogP contribution is 2.29. The van der Waals surface area contributed by atoms with Crippen LogP contribution in [-0.2, 0) is 19.1 Å². The van der Waals surface area contributed by atoms with Gasteiger partial charge in [0.2, 0.25) is 0 Å². The molecule has 29 heavy (non-hydrogen) atoms. The molecule has 0 spiro atoms. The van der Waals surface area contributed by atoms with E-state index in [0.717, 1.165) is 17.7 Å². The van der Waals surface area contributed by atoms with Crippen LogP contribution < -0.4 is 16.0 Å². The molecular weight excluding hydrogens is 381 g/mol. The average Bonchev–Trinajstić information content (AvgIpc) is 2.71. The summed E-state index contributed by atoms with van der Waals surface area (Å²) >= 11 is 0. The molecule has 0 atom stereocenters. The minimum Gasteiger partial charge on any atom is -0.357 e. The highest BCUT2D eigenvalue weighted by molar-refractivity contribution is 5.94. The lowest BCUT2D eigenvalue weighted by molar-refractivity contribution is -0.137. The van der Waals surface area contributed by atoms with Crippen LogP contribution in [0.2, 0.25) is 0 Å². The molecule has 0 saturated carbocycles. The van der Waals surface area contributed by atoms with E-state index >= 15 is 0 Å². The normalized spacial score (nSPS) is 11.8. The zero-order chi connectivity index (χ0) is 21.3. The molecule has 0 radical (unpaired) electrons. The second kappa shape index (κ2) is 10.5. The van der Waals surface area contributed by atoms with Gasteiger partial charge >= 0.3 is 6.18 Å². The van der Waals surface area contributed by atoms with Crippen molar-refractivity contribution in [2.24, 2.45) is 4.99 Å². The standard InChI is InChI=1S/C21H25F3N4O/c1-3-26-20(28-14-16-7-9-18(10-8-16)21(22,23)24)27-12-11-15-5-4-6-17(13-15)19(29)25-2/h4-10,13H,3,11-12,14H2,1-2H3,(H,25,29)(H2,26,27,28). The molecule has 2 aromatic carbocycles. The second-order valence-electron chi connectivity index (χ2n) is 6.35. The van der Waals surface area contributed by atoms with Gasteiger partial charge in [0.25, 0.3) is 5.91 Å². The van der Waals surface area contributed by atoms with Crippen LogP contribution in [0.4, 0.5) is 13.2 Å². The fourth-order valence-electron chi connectivity index (χ4n) is 2.65. The van der Waals surface area contributed by atoms with Gasteiger partial charge in [0.05, 0.1) is 12.1 Å². The summed E-state index contributed by atoms with van der Waals surface area (Å²) in [5, 5.41) is 8.90. The Hall–Kier alpha value is -3.03. The van der Waals surface area contributed by atoms with E-state index in [1.165, 1.54) is 12.1 Å². The summed E-state index contributed by atoms with van der Waals surface area (Å²) in [6.07, 6.45) is -3.65. The number of aliphatic imine (C=N–C) groups is 1. The Morgan fingerprint density at radius 2 is 1.76 bits per heavy atom.